The monoisotopic (exact) mass is 384 g/mol. The van der Waals surface area contributed by atoms with Crippen LogP contribution in [0.5, 0.6) is 0 Å². The Hall–Kier alpha value is -1.41. The van der Waals surface area contributed by atoms with Gasteiger partial charge in [0.2, 0.25) is 5.91 Å². The highest BCUT2D eigenvalue weighted by Crippen LogP contribution is 2.30. The molecule has 1 atom stereocenters. The molecule has 0 saturated carbocycles. The molecule has 0 spiro atoms. The van der Waals surface area contributed by atoms with Crippen LogP contribution in [0.1, 0.15) is 17.7 Å². The molecule has 24 heavy (non-hydrogen) atoms. The topological polar surface area (TPSA) is 66.5 Å². The number of halogens is 1. The smallest absolute Gasteiger partial charge is 0.253 e. The van der Waals surface area contributed by atoms with Gasteiger partial charge >= 0.3 is 0 Å². The summed E-state index contributed by atoms with van der Waals surface area (Å²) in [6.45, 7) is 2.22. The molecular weight excluding hydrogens is 368 g/mol. The van der Waals surface area contributed by atoms with E-state index in [4.69, 9.17) is 11.6 Å². The van der Waals surface area contributed by atoms with Crippen LogP contribution in [0.2, 0.25) is 5.02 Å². The number of nitrogens with zero attached hydrogens (tertiary/aromatic N) is 1. The first-order valence-corrected chi connectivity index (χ1v) is 10.2. The second-order valence-electron chi connectivity index (χ2n) is 5.64. The first-order valence-electron chi connectivity index (χ1n) is 7.52. The lowest BCUT2D eigenvalue weighted by Crippen LogP contribution is -2.42. The summed E-state index contributed by atoms with van der Waals surface area (Å²) in [7, 11) is -3.64. The van der Waals surface area contributed by atoms with E-state index in [1.54, 1.807) is 36.4 Å². The number of aryl methyl sites for hydroxylation is 1. The first kappa shape index (κ1) is 17.4. The molecule has 0 bridgehead atoms. The van der Waals surface area contributed by atoms with Gasteiger partial charge < -0.3 is 5.32 Å². The van der Waals surface area contributed by atoms with Crippen molar-refractivity contribution in [2.45, 2.75) is 30.0 Å². The van der Waals surface area contributed by atoms with Crippen LogP contribution in [0, 0.1) is 6.92 Å². The molecule has 3 rings (SSSR count). The van der Waals surface area contributed by atoms with Gasteiger partial charge in [-0.15, -0.1) is 11.3 Å². The van der Waals surface area contributed by atoms with Crippen LogP contribution < -0.4 is 5.32 Å². The maximum absolute atomic E-state index is 12.8. The average Bonchev–Trinajstić information content (AvgIpc) is 3.19. The van der Waals surface area contributed by atoms with Crippen molar-refractivity contribution in [1.29, 1.82) is 0 Å². The number of hydrogen-bond acceptors (Lipinski definition) is 4. The lowest BCUT2D eigenvalue weighted by Gasteiger charge is -2.22. The summed E-state index contributed by atoms with van der Waals surface area (Å²) in [5.74, 6) is -0.313. The van der Waals surface area contributed by atoms with E-state index in [0.717, 1.165) is 4.88 Å². The Kier molecular flexibility index (Phi) is 4.96. The van der Waals surface area contributed by atoms with Crippen LogP contribution in [0.25, 0.3) is 0 Å². The van der Waals surface area contributed by atoms with E-state index in [2.05, 4.69) is 5.32 Å². The number of thiophene rings is 1. The molecule has 1 N–H and O–H groups in total. The van der Waals surface area contributed by atoms with Crippen LogP contribution in [0.15, 0.2) is 40.6 Å². The fourth-order valence-corrected chi connectivity index (χ4v) is 5.91. The average molecular weight is 385 g/mol. The molecule has 1 fully saturated rings. The predicted molar refractivity (Wildman–Crippen MR) is 96.1 cm³/mol. The molecule has 1 aliphatic heterocycles. The van der Waals surface area contributed by atoms with E-state index >= 15 is 0 Å². The van der Waals surface area contributed by atoms with Crippen molar-refractivity contribution in [2.24, 2.45) is 0 Å². The van der Waals surface area contributed by atoms with E-state index in [0.29, 0.717) is 30.1 Å². The largest absolute Gasteiger partial charge is 0.325 e. The Bertz CT molecular complexity index is 846. The van der Waals surface area contributed by atoms with Crippen LogP contribution in [-0.2, 0) is 14.8 Å². The summed E-state index contributed by atoms with van der Waals surface area (Å²) < 4.78 is 27.2. The van der Waals surface area contributed by atoms with E-state index in [9.17, 15) is 13.2 Å². The molecule has 1 aromatic heterocycles. The zero-order valence-corrected chi connectivity index (χ0v) is 15.4. The third kappa shape index (κ3) is 3.49. The normalized spacial score (nSPS) is 18.7. The molecule has 1 aromatic carbocycles. The van der Waals surface area contributed by atoms with E-state index < -0.39 is 16.1 Å². The lowest BCUT2D eigenvalue weighted by molar-refractivity contribution is -0.119. The molecule has 2 aromatic rings. The Morgan fingerprint density at radius 2 is 1.96 bits per heavy atom. The van der Waals surface area contributed by atoms with Gasteiger partial charge in [0.05, 0.1) is 0 Å². The van der Waals surface area contributed by atoms with Crippen molar-refractivity contribution in [3.05, 3.63) is 46.3 Å². The summed E-state index contributed by atoms with van der Waals surface area (Å²) >= 11 is 7.05. The summed E-state index contributed by atoms with van der Waals surface area (Å²) in [6, 6.07) is 9.42. The van der Waals surface area contributed by atoms with Crippen molar-refractivity contribution in [2.75, 3.05) is 11.9 Å². The molecule has 1 saturated heterocycles. The number of anilines is 1. The number of benzene rings is 1. The van der Waals surface area contributed by atoms with E-state index in [1.807, 2.05) is 6.92 Å². The molecule has 5 nitrogen and oxygen atoms in total. The molecule has 1 aliphatic rings. The first-order chi connectivity index (χ1) is 11.4. The molecule has 2 heterocycles. The molecule has 0 unspecified atom stereocenters. The predicted octanol–water partition coefficient (Wildman–Crippen LogP) is 3.50. The Labute approximate surface area is 150 Å². The van der Waals surface area contributed by atoms with Gasteiger partial charge in [0.25, 0.3) is 10.0 Å². The third-order valence-corrected chi connectivity index (χ3v) is 7.53. The SMILES string of the molecule is Cc1ccc(S(=O)(=O)N2CCC[C@@H]2C(=O)Nc2ccc(Cl)cc2)s1. The summed E-state index contributed by atoms with van der Waals surface area (Å²) in [6.07, 6.45) is 1.19. The van der Waals surface area contributed by atoms with Gasteiger partial charge in [0.15, 0.2) is 0 Å². The Morgan fingerprint density at radius 1 is 1.25 bits per heavy atom. The van der Waals surface area contributed by atoms with Gasteiger partial charge in [0.1, 0.15) is 10.3 Å². The molecule has 1 amide bonds. The second kappa shape index (κ2) is 6.84. The Morgan fingerprint density at radius 3 is 2.58 bits per heavy atom. The number of carbonyl (C=O) groups excluding carboxylic acids is 1. The summed E-state index contributed by atoms with van der Waals surface area (Å²) in [5, 5.41) is 3.34. The van der Waals surface area contributed by atoms with Gasteiger partial charge in [-0.3, -0.25) is 4.79 Å². The van der Waals surface area contributed by atoms with Crippen LogP contribution >= 0.6 is 22.9 Å². The van der Waals surface area contributed by atoms with Crippen LogP contribution in [0.3, 0.4) is 0 Å². The number of hydrogen-bond donors (Lipinski definition) is 1. The zero-order chi connectivity index (χ0) is 17.3. The quantitative estimate of drug-likeness (QED) is 0.877. The number of sulfonamides is 1. The van der Waals surface area contributed by atoms with Crippen molar-refractivity contribution in [3.63, 3.8) is 0 Å². The fraction of sp³-hybridized carbons (Fsp3) is 0.312. The number of carbonyl (C=O) groups is 1. The van der Waals surface area contributed by atoms with Crippen molar-refractivity contribution < 1.29 is 13.2 Å². The maximum Gasteiger partial charge on any atom is 0.253 e. The van der Waals surface area contributed by atoms with Crippen molar-refractivity contribution in [1.82, 2.24) is 4.31 Å². The lowest BCUT2D eigenvalue weighted by atomic mass is 10.2. The third-order valence-electron chi connectivity index (χ3n) is 3.90. The van der Waals surface area contributed by atoms with Gasteiger partial charge in [-0.1, -0.05) is 11.6 Å². The molecule has 8 heteroatoms. The minimum atomic E-state index is -3.64. The minimum Gasteiger partial charge on any atom is -0.325 e. The molecular formula is C16H17ClN2O3S2. The number of nitrogens with one attached hydrogen (secondary N) is 1. The molecule has 0 aliphatic carbocycles. The van der Waals surface area contributed by atoms with Crippen molar-refractivity contribution in [3.8, 4) is 0 Å². The van der Waals surface area contributed by atoms with Gasteiger partial charge in [-0.2, -0.15) is 4.31 Å². The second-order valence-corrected chi connectivity index (χ2v) is 9.48. The minimum absolute atomic E-state index is 0.284. The van der Waals surface area contributed by atoms with Crippen LogP contribution in [-0.4, -0.2) is 31.2 Å². The highest BCUT2D eigenvalue weighted by atomic mass is 35.5. The van der Waals surface area contributed by atoms with E-state index in [1.165, 1.54) is 15.6 Å². The maximum atomic E-state index is 12.8. The molecule has 128 valence electrons. The van der Waals surface area contributed by atoms with E-state index in [-0.39, 0.29) is 10.1 Å². The standard InChI is InChI=1S/C16H17ClN2O3S2/c1-11-4-9-15(23-11)24(21,22)19-10-2-3-14(19)16(20)18-13-7-5-12(17)6-8-13/h4-9,14H,2-3,10H2,1H3,(H,18,20)/t14-/m1/s1. The molecule has 0 radical (unpaired) electrons. The van der Waals surface area contributed by atoms with Crippen LogP contribution in [0.4, 0.5) is 5.69 Å². The Balaban J connectivity index is 1.80. The summed E-state index contributed by atoms with van der Waals surface area (Å²) in [5.41, 5.74) is 0.598. The van der Waals surface area contributed by atoms with Crippen molar-refractivity contribution >= 4 is 44.6 Å². The number of amides is 1. The fourth-order valence-electron chi connectivity index (χ4n) is 2.71. The van der Waals surface area contributed by atoms with Gasteiger partial charge in [-0.25, -0.2) is 8.42 Å². The van der Waals surface area contributed by atoms with Gasteiger partial charge in [0, 0.05) is 22.1 Å². The highest BCUT2D eigenvalue weighted by molar-refractivity contribution is 7.91. The zero-order valence-electron chi connectivity index (χ0n) is 13.0. The highest BCUT2D eigenvalue weighted by Gasteiger charge is 2.40. The summed E-state index contributed by atoms with van der Waals surface area (Å²) in [4.78, 5) is 13.5. The van der Waals surface area contributed by atoms with Gasteiger partial charge in [-0.05, 0) is 56.2 Å². The number of rotatable bonds is 4.